The maximum Gasteiger partial charge on any atom is 0.266 e. The zero-order valence-corrected chi connectivity index (χ0v) is 13.8. The third-order valence-corrected chi connectivity index (χ3v) is 3.77. The Morgan fingerprint density at radius 2 is 2.12 bits per heavy atom. The van der Waals surface area contributed by atoms with Crippen LogP contribution in [0.1, 0.15) is 34.1 Å². The van der Waals surface area contributed by atoms with Gasteiger partial charge in [-0.05, 0) is 24.5 Å². The van der Waals surface area contributed by atoms with Crippen molar-refractivity contribution in [3.63, 3.8) is 0 Å². The van der Waals surface area contributed by atoms with Gasteiger partial charge in [0.05, 0.1) is 5.56 Å². The number of thioether (sulfide) groups is 1. The minimum atomic E-state index is -0.953. The fourth-order valence-electron chi connectivity index (χ4n) is 2.01. The lowest BCUT2D eigenvalue weighted by Crippen LogP contribution is -2.26. The topological polar surface area (TPSA) is 118 Å². The zero-order chi connectivity index (χ0) is 17.9. The first kappa shape index (κ1) is 17.7. The third-order valence-electron chi connectivity index (χ3n) is 3.19. The number of Topliss-reactive ketones (excluding diaryl/α,β-unsaturated/α-hetero) is 1. The van der Waals surface area contributed by atoms with Gasteiger partial charge in [-0.3, -0.25) is 14.4 Å². The van der Waals surface area contributed by atoms with Gasteiger partial charge in [0.1, 0.15) is 11.4 Å². The lowest BCUT2D eigenvalue weighted by molar-refractivity contribution is 0.0980. The summed E-state index contributed by atoms with van der Waals surface area (Å²) in [5.41, 5.74) is 4.41. The van der Waals surface area contributed by atoms with E-state index in [-0.39, 0.29) is 34.3 Å². The van der Waals surface area contributed by atoms with Crippen LogP contribution in [0.3, 0.4) is 0 Å². The molecule has 24 heavy (non-hydrogen) atoms. The fourth-order valence-corrected chi connectivity index (χ4v) is 2.39. The van der Waals surface area contributed by atoms with Crippen LogP contribution >= 0.6 is 11.8 Å². The number of primary amides is 1. The first-order valence-corrected chi connectivity index (χ1v) is 8.17. The molecule has 0 aliphatic heterocycles. The van der Waals surface area contributed by atoms with Crippen molar-refractivity contribution in [2.45, 2.75) is 18.5 Å². The van der Waals surface area contributed by atoms with Crippen molar-refractivity contribution in [1.82, 2.24) is 9.97 Å². The molecule has 1 aromatic carbocycles. The summed E-state index contributed by atoms with van der Waals surface area (Å²) in [6.45, 7) is 1.62. The molecule has 0 aliphatic carbocycles. The molecule has 2 rings (SSSR count). The molecule has 0 unspecified atom stereocenters. The Morgan fingerprint density at radius 1 is 1.42 bits per heavy atom. The first-order valence-electron chi connectivity index (χ1n) is 6.95. The monoisotopic (exact) mass is 350 g/mol. The van der Waals surface area contributed by atoms with E-state index in [4.69, 9.17) is 5.73 Å². The largest absolute Gasteiger partial charge is 0.365 e. The highest BCUT2D eigenvalue weighted by Gasteiger charge is 2.18. The predicted molar refractivity (Wildman–Crippen MR) is 89.5 cm³/mol. The molecule has 4 N–H and O–H groups in total. The smallest absolute Gasteiger partial charge is 0.266 e. The van der Waals surface area contributed by atoms with Gasteiger partial charge < -0.3 is 16.0 Å². The number of hydrogen-bond acceptors (Lipinski definition) is 6. The molecular formula is C15H15FN4O3S. The Hall–Kier alpha value is -2.68. The molecule has 0 saturated carbocycles. The number of nitrogens with two attached hydrogens (primary N) is 1. The van der Waals surface area contributed by atoms with Crippen molar-refractivity contribution in [3.8, 4) is 0 Å². The molecule has 0 radical (unpaired) electrons. The number of hydrogen-bond donors (Lipinski definition) is 3. The number of carbonyl (C=O) groups is 2. The van der Waals surface area contributed by atoms with Gasteiger partial charge in [0.25, 0.3) is 11.5 Å². The summed E-state index contributed by atoms with van der Waals surface area (Å²) >= 11 is 1.17. The lowest BCUT2D eigenvalue weighted by atomic mass is 10.1. The average Bonchev–Trinajstić information content (AvgIpc) is 2.54. The number of amides is 1. The average molecular weight is 350 g/mol. The second kappa shape index (κ2) is 7.26. The Morgan fingerprint density at radius 3 is 2.71 bits per heavy atom. The van der Waals surface area contributed by atoms with Crippen molar-refractivity contribution in [3.05, 3.63) is 45.5 Å². The molecule has 1 heterocycles. The standard InChI is InChI=1S/C15H15FN4O3S/c1-3-10(21)8-6-7(4-5-9(8)16)18-13-11(12(17)22)14(23)20-15(19-13)24-2/h4-6H,3H2,1-2H3,(H2,17,22)(H2,18,19,20,23). The number of anilines is 2. The van der Waals surface area contributed by atoms with Crippen LogP contribution in [-0.4, -0.2) is 27.9 Å². The van der Waals surface area contributed by atoms with Gasteiger partial charge in [-0.2, -0.15) is 0 Å². The zero-order valence-electron chi connectivity index (χ0n) is 13.0. The van der Waals surface area contributed by atoms with E-state index in [1.165, 1.54) is 23.9 Å². The lowest BCUT2D eigenvalue weighted by Gasteiger charge is -2.11. The molecule has 0 saturated heterocycles. The Kier molecular flexibility index (Phi) is 5.35. The quantitative estimate of drug-likeness (QED) is 0.417. The Labute approximate surface area is 140 Å². The summed E-state index contributed by atoms with van der Waals surface area (Å²) in [6, 6.07) is 3.79. The summed E-state index contributed by atoms with van der Waals surface area (Å²) in [7, 11) is 0. The number of aromatic amines is 1. The SMILES string of the molecule is CCC(=O)c1cc(Nc2nc(SC)[nH]c(=O)c2C(N)=O)ccc1F. The number of benzene rings is 1. The van der Waals surface area contributed by atoms with Crippen LogP contribution in [-0.2, 0) is 0 Å². The van der Waals surface area contributed by atoms with E-state index in [9.17, 15) is 18.8 Å². The predicted octanol–water partition coefficient (Wildman–Crippen LogP) is 2.07. The number of ketones is 1. The molecule has 2 aromatic rings. The van der Waals surface area contributed by atoms with Gasteiger partial charge in [0.15, 0.2) is 16.8 Å². The van der Waals surface area contributed by atoms with Gasteiger partial charge in [-0.25, -0.2) is 9.37 Å². The summed E-state index contributed by atoms with van der Waals surface area (Å²) < 4.78 is 13.7. The van der Waals surface area contributed by atoms with E-state index in [1.807, 2.05) is 0 Å². The van der Waals surface area contributed by atoms with E-state index >= 15 is 0 Å². The highest BCUT2D eigenvalue weighted by Crippen LogP contribution is 2.22. The molecule has 0 atom stereocenters. The normalized spacial score (nSPS) is 10.5. The number of rotatable bonds is 6. The minimum Gasteiger partial charge on any atom is -0.365 e. The van der Waals surface area contributed by atoms with Gasteiger partial charge in [-0.15, -0.1) is 0 Å². The summed E-state index contributed by atoms with van der Waals surface area (Å²) in [5.74, 6) is -2.02. The van der Waals surface area contributed by atoms with Crippen molar-refractivity contribution < 1.29 is 14.0 Å². The van der Waals surface area contributed by atoms with E-state index in [1.54, 1.807) is 13.2 Å². The molecule has 126 valence electrons. The second-order valence-electron chi connectivity index (χ2n) is 4.76. The van der Waals surface area contributed by atoms with Crippen LogP contribution < -0.4 is 16.6 Å². The molecule has 9 heteroatoms. The summed E-state index contributed by atoms with van der Waals surface area (Å²) in [5, 5.41) is 3.03. The number of halogens is 1. The molecule has 7 nitrogen and oxygen atoms in total. The fraction of sp³-hybridized carbons (Fsp3) is 0.200. The van der Waals surface area contributed by atoms with Crippen molar-refractivity contribution in [1.29, 1.82) is 0 Å². The van der Waals surface area contributed by atoms with Crippen molar-refractivity contribution in [2.75, 3.05) is 11.6 Å². The molecular weight excluding hydrogens is 335 g/mol. The summed E-state index contributed by atoms with van der Waals surface area (Å²) in [4.78, 5) is 41.8. The van der Waals surface area contributed by atoms with Crippen LogP contribution in [0.4, 0.5) is 15.9 Å². The molecule has 0 bridgehead atoms. The van der Waals surface area contributed by atoms with Crippen LogP contribution in [0.2, 0.25) is 0 Å². The Bertz CT molecular complexity index is 866. The molecule has 0 spiro atoms. The third kappa shape index (κ3) is 3.62. The molecule has 0 aliphatic rings. The van der Waals surface area contributed by atoms with Crippen LogP contribution in [0.25, 0.3) is 0 Å². The number of aromatic nitrogens is 2. The van der Waals surface area contributed by atoms with Crippen molar-refractivity contribution in [2.24, 2.45) is 5.73 Å². The number of nitrogens with zero attached hydrogens (tertiary/aromatic N) is 1. The Balaban J connectivity index is 2.51. The number of carbonyl (C=O) groups excluding carboxylic acids is 2. The van der Waals surface area contributed by atoms with Gasteiger partial charge in [0, 0.05) is 12.1 Å². The van der Waals surface area contributed by atoms with E-state index in [0.29, 0.717) is 5.69 Å². The minimum absolute atomic E-state index is 0.0582. The molecule has 1 amide bonds. The van der Waals surface area contributed by atoms with Gasteiger partial charge in [-0.1, -0.05) is 18.7 Å². The number of nitrogens with one attached hydrogen (secondary N) is 2. The second-order valence-corrected chi connectivity index (χ2v) is 5.55. The van der Waals surface area contributed by atoms with Crippen LogP contribution in [0, 0.1) is 5.82 Å². The highest BCUT2D eigenvalue weighted by atomic mass is 32.2. The molecule has 0 fully saturated rings. The van der Waals surface area contributed by atoms with Crippen LogP contribution in [0.5, 0.6) is 0 Å². The first-order chi connectivity index (χ1) is 11.4. The van der Waals surface area contributed by atoms with Gasteiger partial charge in [0.2, 0.25) is 0 Å². The maximum absolute atomic E-state index is 13.7. The summed E-state index contributed by atoms with van der Waals surface area (Å²) in [6.07, 6.45) is 1.84. The van der Waals surface area contributed by atoms with Crippen LogP contribution in [0.15, 0.2) is 28.2 Å². The molecule has 1 aromatic heterocycles. The maximum atomic E-state index is 13.7. The van der Waals surface area contributed by atoms with E-state index < -0.39 is 17.3 Å². The van der Waals surface area contributed by atoms with E-state index in [2.05, 4.69) is 15.3 Å². The van der Waals surface area contributed by atoms with Crippen molar-refractivity contribution >= 4 is 35.0 Å². The van der Waals surface area contributed by atoms with Gasteiger partial charge >= 0.3 is 0 Å². The number of H-pyrrole nitrogens is 1. The highest BCUT2D eigenvalue weighted by molar-refractivity contribution is 7.98. The van der Waals surface area contributed by atoms with E-state index in [0.717, 1.165) is 6.07 Å².